The third-order valence-corrected chi connectivity index (χ3v) is 15.1. The standard InChI is InChI=1S/C63H123N3O7/c1-8-12-16-20-30-36-44-57(42-34-18-14-10-3)62(70)72-60(68)47-50-64-49-39-51-65(7)52-40-53-66(55-59(67)46-38-32-28-26-24-22-23-25-27-29-33-41-56(5)6)54-48-61(69)73-63(71)58(43-35-19-15-11-4)45-37-31-21-17-13-9-2/h56-59,64,67H,8-55H2,1-7H3. The van der Waals surface area contributed by atoms with Crippen LogP contribution in [0.15, 0.2) is 0 Å². The zero-order valence-electron chi connectivity index (χ0n) is 49.5. The second kappa shape index (κ2) is 53.5. The van der Waals surface area contributed by atoms with E-state index in [-0.39, 0.29) is 36.6 Å². The summed E-state index contributed by atoms with van der Waals surface area (Å²) in [5, 5.41) is 14.6. The lowest BCUT2D eigenvalue weighted by molar-refractivity contribution is -0.165. The molecule has 0 aromatic rings. The Bertz CT molecular complexity index is 1250. The van der Waals surface area contributed by atoms with Gasteiger partial charge in [0.15, 0.2) is 0 Å². The van der Waals surface area contributed by atoms with E-state index in [1.165, 1.54) is 122 Å². The summed E-state index contributed by atoms with van der Waals surface area (Å²) in [6, 6.07) is 0. The molecule has 0 amide bonds. The number of ether oxygens (including phenoxy) is 2. The highest BCUT2D eigenvalue weighted by Gasteiger charge is 2.24. The number of aliphatic hydroxyl groups excluding tert-OH is 1. The van der Waals surface area contributed by atoms with Crippen LogP contribution in [-0.2, 0) is 28.7 Å². The Morgan fingerprint density at radius 1 is 0.411 bits per heavy atom. The number of esters is 4. The average Bonchev–Trinajstić information content (AvgIpc) is 3.36. The number of hydrogen-bond donors (Lipinski definition) is 2. The Hall–Kier alpha value is -1.88. The first kappa shape index (κ1) is 71.1. The highest BCUT2D eigenvalue weighted by molar-refractivity contribution is 5.87. The van der Waals surface area contributed by atoms with Crippen LogP contribution in [0.5, 0.6) is 0 Å². The third-order valence-electron chi connectivity index (χ3n) is 15.1. The number of rotatable bonds is 56. The first-order valence-electron chi connectivity index (χ1n) is 31.8. The molecule has 73 heavy (non-hydrogen) atoms. The van der Waals surface area contributed by atoms with Gasteiger partial charge in [-0.2, -0.15) is 0 Å². The van der Waals surface area contributed by atoms with Crippen LogP contribution in [0.2, 0.25) is 0 Å². The minimum atomic E-state index is -0.459. The summed E-state index contributed by atoms with van der Waals surface area (Å²) in [7, 11) is 2.12. The molecule has 3 atom stereocenters. The smallest absolute Gasteiger partial charge is 0.316 e. The van der Waals surface area contributed by atoms with E-state index in [0.717, 1.165) is 161 Å². The number of nitrogens with zero attached hydrogens (tertiary/aromatic N) is 2. The van der Waals surface area contributed by atoms with E-state index in [1.807, 2.05) is 0 Å². The summed E-state index contributed by atoms with van der Waals surface area (Å²) in [4.78, 5) is 56.7. The minimum Gasteiger partial charge on any atom is -0.393 e. The lowest BCUT2D eigenvalue weighted by Gasteiger charge is -2.26. The van der Waals surface area contributed by atoms with Gasteiger partial charge in [0.1, 0.15) is 0 Å². The molecule has 432 valence electrons. The molecule has 0 saturated carbocycles. The van der Waals surface area contributed by atoms with Gasteiger partial charge in [-0.15, -0.1) is 0 Å². The van der Waals surface area contributed by atoms with Gasteiger partial charge in [0.05, 0.1) is 30.8 Å². The fourth-order valence-corrected chi connectivity index (χ4v) is 10.2. The van der Waals surface area contributed by atoms with Crippen LogP contribution in [0.1, 0.15) is 305 Å². The van der Waals surface area contributed by atoms with Gasteiger partial charge in [0.25, 0.3) is 0 Å². The van der Waals surface area contributed by atoms with Gasteiger partial charge in [0.2, 0.25) is 0 Å². The largest absolute Gasteiger partial charge is 0.393 e. The molecule has 0 aliphatic heterocycles. The molecule has 0 fully saturated rings. The zero-order valence-corrected chi connectivity index (χ0v) is 49.5. The summed E-state index contributed by atoms with van der Waals surface area (Å²) in [5.74, 6) is -1.14. The Balaban J connectivity index is 5.00. The minimum absolute atomic E-state index is 0.137. The molecule has 10 nitrogen and oxygen atoms in total. The lowest BCUT2D eigenvalue weighted by Crippen LogP contribution is -2.37. The quantitative estimate of drug-likeness (QED) is 0.0346. The fourth-order valence-electron chi connectivity index (χ4n) is 10.2. The summed E-state index contributed by atoms with van der Waals surface area (Å²) >= 11 is 0. The highest BCUT2D eigenvalue weighted by Crippen LogP contribution is 2.23. The van der Waals surface area contributed by atoms with Gasteiger partial charge in [-0.1, -0.05) is 247 Å². The number of unbranched alkanes of at least 4 members (excludes halogenated alkanes) is 26. The molecule has 0 spiro atoms. The molecule has 3 unspecified atom stereocenters. The van der Waals surface area contributed by atoms with E-state index in [0.29, 0.717) is 19.6 Å². The molecule has 0 aliphatic carbocycles. The van der Waals surface area contributed by atoms with E-state index >= 15 is 0 Å². The number of carbonyl (C=O) groups is 4. The van der Waals surface area contributed by atoms with E-state index in [4.69, 9.17) is 9.47 Å². The van der Waals surface area contributed by atoms with Gasteiger partial charge in [0, 0.05) is 19.6 Å². The van der Waals surface area contributed by atoms with Crippen LogP contribution in [0.3, 0.4) is 0 Å². The predicted octanol–water partition coefficient (Wildman–Crippen LogP) is 16.3. The van der Waals surface area contributed by atoms with Crippen molar-refractivity contribution in [3.05, 3.63) is 0 Å². The van der Waals surface area contributed by atoms with Gasteiger partial charge in [-0.05, 0) is 84.1 Å². The predicted molar refractivity (Wildman–Crippen MR) is 309 cm³/mol. The van der Waals surface area contributed by atoms with E-state index < -0.39 is 18.0 Å². The van der Waals surface area contributed by atoms with Crippen molar-refractivity contribution in [2.45, 2.75) is 311 Å². The van der Waals surface area contributed by atoms with Gasteiger partial charge in [-0.3, -0.25) is 19.2 Å². The molecule has 0 aromatic carbocycles. The summed E-state index contributed by atoms with van der Waals surface area (Å²) in [5.41, 5.74) is 0. The Labute approximate surface area is 452 Å². The molecule has 0 heterocycles. The van der Waals surface area contributed by atoms with E-state index in [2.05, 4.69) is 63.7 Å². The maximum atomic E-state index is 13.4. The monoisotopic (exact) mass is 1030 g/mol. The molecule has 0 aliphatic rings. The number of nitrogens with one attached hydrogen (secondary N) is 1. The molecular formula is C63H123N3O7. The van der Waals surface area contributed by atoms with Gasteiger partial charge >= 0.3 is 23.9 Å². The van der Waals surface area contributed by atoms with Crippen LogP contribution in [-0.4, -0.2) is 97.7 Å². The lowest BCUT2D eigenvalue weighted by atomic mass is 9.94. The number of carbonyl (C=O) groups excluding carboxylic acids is 4. The molecule has 0 aromatic heterocycles. The second-order valence-corrected chi connectivity index (χ2v) is 22.9. The molecule has 2 N–H and O–H groups in total. The number of aliphatic hydroxyl groups is 1. The van der Waals surface area contributed by atoms with Crippen molar-refractivity contribution in [2.75, 3.05) is 52.9 Å². The van der Waals surface area contributed by atoms with Crippen molar-refractivity contribution >= 4 is 23.9 Å². The van der Waals surface area contributed by atoms with Crippen molar-refractivity contribution in [3.63, 3.8) is 0 Å². The van der Waals surface area contributed by atoms with Crippen LogP contribution in [0.25, 0.3) is 0 Å². The normalized spacial score (nSPS) is 13.0. The van der Waals surface area contributed by atoms with Crippen LogP contribution < -0.4 is 5.32 Å². The number of hydrogen-bond acceptors (Lipinski definition) is 10. The third kappa shape index (κ3) is 48.2. The zero-order chi connectivity index (χ0) is 53.8. The maximum absolute atomic E-state index is 13.4. The molecule has 0 saturated heterocycles. The Kier molecular flexibility index (Phi) is 52.1. The Morgan fingerprint density at radius 2 is 0.767 bits per heavy atom. The summed E-state index contributed by atoms with van der Waals surface area (Å²) in [6.45, 7) is 18.2. The van der Waals surface area contributed by atoms with Crippen LogP contribution in [0, 0.1) is 17.8 Å². The fraction of sp³-hybridized carbons (Fsp3) is 0.937. The van der Waals surface area contributed by atoms with Crippen molar-refractivity contribution in [1.82, 2.24) is 15.1 Å². The highest BCUT2D eigenvalue weighted by atomic mass is 16.6. The summed E-state index contributed by atoms with van der Waals surface area (Å²) in [6.07, 6.45) is 44.1. The summed E-state index contributed by atoms with van der Waals surface area (Å²) < 4.78 is 10.9. The van der Waals surface area contributed by atoms with Crippen molar-refractivity contribution in [1.29, 1.82) is 0 Å². The SMILES string of the molecule is CCCCCCCCC(CCCCCC)C(=O)OC(=O)CCNCCCN(C)CCCN(CCC(=O)OC(=O)C(CCCCCC)CCCCCCCC)CC(O)CCCCCCCCCCCCCC(C)C. The van der Waals surface area contributed by atoms with Gasteiger partial charge < -0.3 is 29.7 Å². The van der Waals surface area contributed by atoms with Crippen LogP contribution >= 0.6 is 0 Å². The topological polar surface area (TPSA) is 125 Å². The average molecular weight is 1030 g/mol. The molecule has 0 radical (unpaired) electrons. The van der Waals surface area contributed by atoms with E-state index in [9.17, 15) is 24.3 Å². The van der Waals surface area contributed by atoms with E-state index in [1.54, 1.807) is 0 Å². The molecule has 10 heteroatoms. The molecular weight excluding hydrogens is 911 g/mol. The first-order chi connectivity index (χ1) is 35.5. The van der Waals surface area contributed by atoms with Crippen LogP contribution in [0.4, 0.5) is 0 Å². The maximum Gasteiger partial charge on any atom is 0.316 e. The van der Waals surface area contributed by atoms with Crippen molar-refractivity contribution < 1.29 is 33.8 Å². The molecule has 0 bridgehead atoms. The second-order valence-electron chi connectivity index (χ2n) is 22.9. The first-order valence-corrected chi connectivity index (χ1v) is 31.8. The van der Waals surface area contributed by atoms with Crippen molar-refractivity contribution in [3.8, 4) is 0 Å². The van der Waals surface area contributed by atoms with Gasteiger partial charge in [-0.25, -0.2) is 0 Å². The Morgan fingerprint density at radius 3 is 1.19 bits per heavy atom. The molecule has 0 rings (SSSR count). The van der Waals surface area contributed by atoms with Crippen molar-refractivity contribution in [2.24, 2.45) is 17.8 Å².